The van der Waals surface area contributed by atoms with Gasteiger partial charge in [0.1, 0.15) is 0 Å². The van der Waals surface area contributed by atoms with E-state index in [9.17, 15) is 0 Å². The maximum absolute atomic E-state index is 2.77. The first-order valence-corrected chi connectivity index (χ1v) is 20.2. The van der Waals surface area contributed by atoms with Gasteiger partial charge in [0, 0.05) is 30.7 Å². The molecule has 3 aliphatic heterocycles. The van der Waals surface area contributed by atoms with Crippen LogP contribution in [0.15, 0.2) is 0 Å². The number of nitrogens with zero attached hydrogens (tertiary/aromatic N) is 3. The highest BCUT2D eigenvalue weighted by Gasteiger charge is 2.46. The molecule has 0 aromatic heterocycles. The fraction of sp³-hybridized carbons (Fsp3) is 1.00. The van der Waals surface area contributed by atoms with E-state index in [1.807, 2.05) is 0 Å². The lowest BCUT2D eigenvalue weighted by atomic mass is 9.55. The molecule has 0 amide bonds. The van der Waals surface area contributed by atoms with Gasteiger partial charge < -0.3 is 9.80 Å². The Morgan fingerprint density at radius 3 is 1.55 bits per heavy atom. The number of fused-ring (bicyclic) bond motifs is 3. The number of likely N-dealkylation sites (tertiary alicyclic amines) is 3. The van der Waals surface area contributed by atoms with Crippen LogP contribution in [0.5, 0.6) is 0 Å². The molecule has 3 aliphatic carbocycles. The van der Waals surface area contributed by atoms with Crippen LogP contribution in [0.4, 0.5) is 0 Å². The topological polar surface area (TPSA) is 9.72 Å². The van der Waals surface area contributed by atoms with Gasteiger partial charge in [-0.15, -0.1) is 0 Å². The van der Waals surface area contributed by atoms with E-state index in [4.69, 9.17) is 0 Å². The molecule has 258 valence electrons. The van der Waals surface area contributed by atoms with E-state index < -0.39 is 0 Å². The molecule has 0 aromatic rings. The largest absolute Gasteiger partial charge is 0.301 e. The normalized spacial score (nSPS) is 42.0. The number of rotatable bonds is 3. The second-order valence-electron chi connectivity index (χ2n) is 17.9. The van der Waals surface area contributed by atoms with Crippen LogP contribution in [0.25, 0.3) is 0 Å². The van der Waals surface area contributed by atoms with Crippen LogP contribution in [0.2, 0.25) is 0 Å². The SMILES string of the molecule is CC1C(C)C2CCN(C(C)C)CCCC12.CC1C(C)C2CN(C(C)C)CCCCC12.CC1CC2C1CCCCCN2C(C)C. The zero-order valence-electron chi connectivity index (χ0n) is 31.7. The lowest BCUT2D eigenvalue weighted by Gasteiger charge is -2.53. The highest BCUT2D eigenvalue weighted by atomic mass is 15.2. The van der Waals surface area contributed by atoms with Crippen molar-refractivity contribution >= 4 is 0 Å². The molecule has 0 bridgehead atoms. The summed E-state index contributed by atoms with van der Waals surface area (Å²) in [5.74, 6) is 10.1. The van der Waals surface area contributed by atoms with E-state index in [2.05, 4.69) is 90.9 Å². The molecular formula is C41H79N3. The van der Waals surface area contributed by atoms with Gasteiger partial charge in [-0.1, -0.05) is 53.9 Å². The zero-order chi connectivity index (χ0) is 32.1. The van der Waals surface area contributed by atoms with E-state index in [1.54, 1.807) is 0 Å². The summed E-state index contributed by atoms with van der Waals surface area (Å²) in [7, 11) is 0. The molecule has 0 spiro atoms. The summed E-state index contributed by atoms with van der Waals surface area (Å²) < 4.78 is 0. The average Bonchev–Trinajstić information content (AvgIpc) is 2.94. The Balaban J connectivity index is 0.000000151. The van der Waals surface area contributed by atoms with Crippen molar-refractivity contribution in [1.82, 2.24) is 14.7 Å². The van der Waals surface area contributed by atoms with Crippen LogP contribution in [0.1, 0.15) is 147 Å². The lowest BCUT2D eigenvalue weighted by molar-refractivity contribution is -0.0420. The first-order chi connectivity index (χ1) is 20.9. The fourth-order valence-electron chi connectivity index (χ4n) is 11.0. The molecule has 6 rings (SSSR count). The van der Waals surface area contributed by atoms with E-state index in [0.29, 0.717) is 0 Å². The summed E-state index contributed by atoms with van der Waals surface area (Å²) in [6, 6.07) is 3.18. The average molecular weight is 614 g/mol. The van der Waals surface area contributed by atoms with Crippen molar-refractivity contribution in [3.05, 3.63) is 0 Å². The third-order valence-electron chi connectivity index (χ3n) is 14.7. The van der Waals surface area contributed by atoms with Crippen molar-refractivity contribution in [1.29, 1.82) is 0 Å². The Morgan fingerprint density at radius 2 is 0.932 bits per heavy atom. The molecule has 6 aliphatic rings. The Labute approximate surface area is 277 Å². The second kappa shape index (κ2) is 16.8. The minimum Gasteiger partial charge on any atom is -0.301 e. The van der Waals surface area contributed by atoms with Gasteiger partial charge in [0.05, 0.1) is 0 Å². The quantitative estimate of drug-likeness (QED) is 0.314. The first kappa shape index (κ1) is 36.7. The highest BCUT2D eigenvalue weighted by molar-refractivity contribution is 4.97. The second-order valence-corrected chi connectivity index (χ2v) is 17.9. The summed E-state index contributed by atoms with van der Waals surface area (Å²) in [4.78, 5) is 8.15. The van der Waals surface area contributed by atoms with Gasteiger partial charge in [0.25, 0.3) is 0 Å². The van der Waals surface area contributed by atoms with Crippen molar-refractivity contribution in [2.75, 3.05) is 32.7 Å². The van der Waals surface area contributed by atoms with Crippen LogP contribution in [0, 0.1) is 59.2 Å². The molecule has 11 atom stereocenters. The fourth-order valence-corrected chi connectivity index (χ4v) is 11.0. The first-order valence-electron chi connectivity index (χ1n) is 20.2. The summed E-state index contributed by atoms with van der Waals surface area (Å²) in [5, 5.41) is 0. The molecule has 0 aromatic carbocycles. The maximum Gasteiger partial charge on any atom is 0.0131 e. The molecule has 0 radical (unpaired) electrons. The van der Waals surface area contributed by atoms with Crippen molar-refractivity contribution in [2.45, 2.75) is 171 Å². The summed E-state index contributed by atoms with van der Waals surface area (Å²) in [6.07, 6.45) is 16.1. The van der Waals surface area contributed by atoms with Gasteiger partial charge >= 0.3 is 0 Å². The van der Waals surface area contributed by atoms with Gasteiger partial charge in [0.2, 0.25) is 0 Å². The van der Waals surface area contributed by atoms with Crippen LogP contribution < -0.4 is 0 Å². The van der Waals surface area contributed by atoms with Gasteiger partial charge in [-0.3, -0.25) is 4.90 Å². The molecule has 6 fully saturated rings. The van der Waals surface area contributed by atoms with Crippen LogP contribution >= 0.6 is 0 Å². The summed E-state index contributed by atoms with van der Waals surface area (Å²) >= 11 is 0. The predicted molar refractivity (Wildman–Crippen MR) is 193 cm³/mol. The van der Waals surface area contributed by atoms with E-state index in [1.165, 1.54) is 103 Å². The van der Waals surface area contributed by atoms with Crippen LogP contribution in [0.3, 0.4) is 0 Å². The summed E-state index contributed by atoms with van der Waals surface area (Å²) in [5.41, 5.74) is 0. The molecule has 3 saturated carbocycles. The monoisotopic (exact) mass is 614 g/mol. The predicted octanol–water partition coefficient (Wildman–Crippen LogP) is 10.1. The molecule has 3 heteroatoms. The summed E-state index contributed by atoms with van der Waals surface area (Å²) in [6.45, 7) is 33.1. The van der Waals surface area contributed by atoms with Gasteiger partial charge in [-0.25, -0.2) is 0 Å². The van der Waals surface area contributed by atoms with Crippen molar-refractivity contribution in [2.24, 2.45) is 59.2 Å². The van der Waals surface area contributed by atoms with Gasteiger partial charge in [-0.2, -0.15) is 0 Å². The number of hydrogen-bond donors (Lipinski definition) is 0. The molecular weight excluding hydrogens is 534 g/mol. The zero-order valence-corrected chi connectivity index (χ0v) is 31.7. The minimum atomic E-state index is 0.742. The third-order valence-corrected chi connectivity index (χ3v) is 14.7. The molecule has 0 N–H and O–H groups in total. The molecule has 11 unspecified atom stereocenters. The van der Waals surface area contributed by atoms with Crippen molar-refractivity contribution in [3.8, 4) is 0 Å². The van der Waals surface area contributed by atoms with E-state index in [0.717, 1.165) is 83.3 Å². The molecule has 3 saturated heterocycles. The Kier molecular flexibility index (Phi) is 14.0. The van der Waals surface area contributed by atoms with Crippen LogP contribution in [-0.4, -0.2) is 71.6 Å². The Morgan fingerprint density at radius 1 is 0.432 bits per heavy atom. The highest BCUT2D eigenvalue weighted by Crippen LogP contribution is 2.51. The maximum atomic E-state index is 2.77. The smallest absolute Gasteiger partial charge is 0.0131 e. The van der Waals surface area contributed by atoms with E-state index >= 15 is 0 Å². The molecule has 44 heavy (non-hydrogen) atoms. The van der Waals surface area contributed by atoms with Crippen molar-refractivity contribution in [3.63, 3.8) is 0 Å². The van der Waals surface area contributed by atoms with Gasteiger partial charge in [0.15, 0.2) is 0 Å². The Bertz CT molecular complexity index is 821. The van der Waals surface area contributed by atoms with Gasteiger partial charge in [-0.05, 0) is 178 Å². The molecule has 3 heterocycles. The van der Waals surface area contributed by atoms with Crippen molar-refractivity contribution < 1.29 is 0 Å². The lowest BCUT2D eigenvalue weighted by Crippen LogP contribution is -2.55. The third kappa shape index (κ3) is 8.66. The standard InChI is InChI=1S/2C14H27N.C13H25N/c1-10(2)15-8-5-6-13-11(3)12(4)14(13)7-9-15;1-10(2)15-8-6-5-7-13-11(3)12(4)14(13)9-15;1-10(2)14-8-6-4-5-7-12-11(3)9-13(12)14/h2*10-14H,5-9H2,1-4H3;10-13H,4-9H2,1-3H3. The van der Waals surface area contributed by atoms with Crippen LogP contribution in [-0.2, 0) is 0 Å². The van der Waals surface area contributed by atoms with E-state index in [-0.39, 0.29) is 0 Å². The Hall–Kier alpha value is -0.120. The number of hydrogen-bond acceptors (Lipinski definition) is 3. The minimum absolute atomic E-state index is 0.742. The molecule has 3 nitrogen and oxygen atoms in total.